The number of fused-ring (bicyclic) bond motifs is 1. The van der Waals surface area contributed by atoms with E-state index in [1.807, 2.05) is 9.80 Å². The van der Waals surface area contributed by atoms with Crippen molar-refractivity contribution in [2.24, 2.45) is 11.3 Å². The molecule has 0 bridgehead atoms. The first-order valence-corrected chi connectivity index (χ1v) is 12.6. The van der Waals surface area contributed by atoms with E-state index in [9.17, 15) is 14.4 Å². The molecule has 7 nitrogen and oxygen atoms in total. The monoisotopic (exact) mass is 475 g/mol. The topological polar surface area (TPSA) is 82.9 Å². The number of nitrogens with one attached hydrogen (secondary N) is 1. The number of nitrogens with zero attached hydrogens (tertiary/aromatic N) is 2. The van der Waals surface area contributed by atoms with Crippen LogP contribution in [0.15, 0.2) is 53.2 Å². The highest BCUT2D eigenvalue weighted by Crippen LogP contribution is 2.40. The average molecular weight is 476 g/mol. The quantitative estimate of drug-likeness (QED) is 0.651. The van der Waals surface area contributed by atoms with E-state index >= 15 is 0 Å². The standard InChI is InChI=1S/C28H33N3O4/c32-25(8-7-24-6-3-15-35-24)29-19-27(34)31-14-11-28(20-31)9-12-30(13-10-28)26(33)18-21-16-22-4-1-2-5-23(22)17-21/h1-8,15,21H,9-14,16-20H2,(H,29,32)/b8-7-. The largest absolute Gasteiger partial charge is 0.465 e. The molecule has 1 spiro atoms. The molecule has 1 aromatic carbocycles. The van der Waals surface area contributed by atoms with E-state index in [1.54, 1.807) is 24.5 Å². The van der Waals surface area contributed by atoms with Crippen LogP contribution in [0, 0.1) is 11.3 Å². The molecule has 184 valence electrons. The Hall–Kier alpha value is -3.35. The number of carbonyl (C=O) groups excluding carboxylic acids is 3. The number of furan rings is 1. The number of amides is 3. The predicted octanol–water partition coefficient (Wildman–Crippen LogP) is 3.06. The molecule has 1 aromatic heterocycles. The number of hydrogen-bond acceptors (Lipinski definition) is 4. The third-order valence-electron chi connectivity index (χ3n) is 7.92. The van der Waals surface area contributed by atoms with E-state index in [1.165, 1.54) is 17.2 Å². The Balaban J connectivity index is 1.04. The summed E-state index contributed by atoms with van der Waals surface area (Å²) in [6, 6.07) is 12.0. The third-order valence-corrected chi connectivity index (χ3v) is 7.92. The fourth-order valence-corrected chi connectivity index (χ4v) is 5.83. The lowest BCUT2D eigenvalue weighted by Crippen LogP contribution is -2.45. The Kier molecular flexibility index (Phi) is 6.75. The maximum absolute atomic E-state index is 13.0. The van der Waals surface area contributed by atoms with Gasteiger partial charge in [0.15, 0.2) is 0 Å². The van der Waals surface area contributed by atoms with Gasteiger partial charge in [-0.25, -0.2) is 0 Å². The molecule has 0 unspecified atom stereocenters. The maximum Gasteiger partial charge on any atom is 0.244 e. The Morgan fingerprint density at radius 1 is 0.943 bits per heavy atom. The number of rotatable bonds is 6. The van der Waals surface area contributed by atoms with Gasteiger partial charge in [0.05, 0.1) is 12.8 Å². The van der Waals surface area contributed by atoms with Crippen molar-refractivity contribution >= 4 is 23.8 Å². The van der Waals surface area contributed by atoms with Crippen molar-refractivity contribution in [2.75, 3.05) is 32.7 Å². The van der Waals surface area contributed by atoms with Gasteiger partial charge < -0.3 is 19.5 Å². The van der Waals surface area contributed by atoms with Crippen LogP contribution in [0.5, 0.6) is 0 Å². The molecule has 1 N–H and O–H groups in total. The highest BCUT2D eigenvalue weighted by molar-refractivity contribution is 5.94. The lowest BCUT2D eigenvalue weighted by atomic mass is 9.77. The molecule has 0 atom stereocenters. The first-order valence-electron chi connectivity index (χ1n) is 12.6. The van der Waals surface area contributed by atoms with Gasteiger partial charge in [0, 0.05) is 38.7 Å². The molecule has 35 heavy (non-hydrogen) atoms. The lowest BCUT2D eigenvalue weighted by molar-refractivity contribution is -0.135. The first kappa shape index (κ1) is 23.4. The zero-order valence-electron chi connectivity index (χ0n) is 20.1. The van der Waals surface area contributed by atoms with Gasteiger partial charge in [-0.15, -0.1) is 0 Å². The van der Waals surface area contributed by atoms with E-state index in [0.29, 0.717) is 31.2 Å². The number of piperidine rings is 1. The molecule has 5 rings (SSSR count). The van der Waals surface area contributed by atoms with E-state index in [-0.39, 0.29) is 29.7 Å². The van der Waals surface area contributed by atoms with E-state index in [4.69, 9.17) is 4.42 Å². The van der Waals surface area contributed by atoms with Crippen molar-refractivity contribution in [3.05, 3.63) is 65.6 Å². The normalized spacial score (nSPS) is 19.4. The van der Waals surface area contributed by atoms with Crippen LogP contribution >= 0.6 is 0 Å². The van der Waals surface area contributed by atoms with Crippen LogP contribution in [-0.2, 0) is 27.2 Å². The molecular weight excluding hydrogens is 442 g/mol. The van der Waals surface area contributed by atoms with Crippen molar-refractivity contribution in [1.29, 1.82) is 0 Å². The second kappa shape index (κ2) is 10.1. The highest BCUT2D eigenvalue weighted by Gasteiger charge is 2.42. The Morgan fingerprint density at radius 2 is 1.63 bits per heavy atom. The molecule has 2 aliphatic heterocycles. The minimum Gasteiger partial charge on any atom is -0.465 e. The molecule has 3 heterocycles. The molecule has 2 saturated heterocycles. The average Bonchev–Trinajstić information content (AvgIpc) is 3.61. The van der Waals surface area contributed by atoms with Crippen LogP contribution < -0.4 is 5.32 Å². The second-order valence-corrected chi connectivity index (χ2v) is 10.3. The van der Waals surface area contributed by atoms with Crippen molar-refractivity contribution < 1.29 is 18.8 Å². The SMILES string of the molecule is O=C(/C=C\c1ccco1)NCC(=O)N1CCC2(CCN(C(=O)CC3Cc4ccccc4C3)CC2)C1. The van der Waals surface area contributed by atoms with Gasteiger partial charge in [-0.05, 0) is 72.8 Å². The molecule has 0 saturated carbocycles. The van der Waals surface area contributed by atoms with E-state index in [0.717, 1.165) is 45.2 Å². The third kappa shape index (κ3) is 5.50. The minimum atomic E-state index is -0.319. The summed E-state index contributed by atoms with van der Waals surface area (Å²) < 4.78 is 5.16. The zero-order chi connectivity index (χ0) is 24.3. The number of likely N-dealkylation sites (tertiary alicyclic amines) is 2. The minimum absolute atomic E-state index is 0.00814. The Bertz CT molecular complexity index is 1070. The molecule has 1 aliphatic carbocycles. The fraction of sp³-hybridized carbons (Fsp3) is 0.464. The summed E-state index contributed by atoms with van der Waals surface area (Å²) in [5, 5.41) is 2.66. The van der Waals surface area contributed by atoms with Crippen LogP contribution in [0.1, 0.15) is 42.6 Å². The summed E-state index contributed by atoms with van der Waals surface area (Å²) in [5.74, 6) is 0.904. The lowest BCUT2D eigenvalue weighted by Gasteiger charge is -2.39. The molecular formula is C28H33N3O4. The maximum atomic E-state index is 13.0. The van der Waals surface area contributed by atoms with Gasteiger partial charge in [-0.1, -0.05) is 24.3 Å². The number of hydrogen-bond donors (Lipinski definition) is 1. The van der Waals surface area contributed by atoms with Crippen molar-refractivity contribution in [2.45, 2.75) is 38.5 Å². The smallest absolute Gasteiger partial charge is 0.244 e. The van der Waals surface area contributed by atoms with Crippen LogP contribution in [0.3, 0.4) is 0 Å². The van der Waals surface area contributed by atoms with E-state index < -0.39 is 0 Å². The molecule has 0 radical (unpaired) electrons. The van der Waals surface area contributed by atoms with Gasteiger partial charge in [-0.3, -0.25) is 14.4 Å². The van der Waals surface area contributed by atoms with Crippen LogP contribution in [-0.4, -0.2) is 60.2 Å². The summed E-state index contributed by atoms with van der Waals surface area (Å²) in [6.45, 7) is 2.96. The molecule has 2 aromatic rings. The predicted molar refractivity (Wildman–Crippen MR) is 132 cm³/mol. The molecule has 3 aliphatic rings. The van der Waals surface area contributed by atoms with Crippen LogP contribution in [0.2, 0.25) is 0 Å². The van der Waals surface area contributed by atoms with Crippen LogP contribution in [0.4, 0.5) is 0 Å². The van der Waals surface area contributed by atoms with Gasteiger partial charge in [-0.2, -0.15) is 0 Å². The summed E-state index contributed by atoms with van der Waals surface area (Å²) in [7, 11) is 0. The van der Waals surface area contributed by atoms with Crippen molar-refractivity contribution in [3.63, 3.8) is 0 Å². The Labute approximate surface area is 206 Å². The summed E-state index contributed by atoms with van der Waals surface area (Å²) in [6.07, 6.45) is 9.96. The van der Waals surface area contributed by atoms with Gasteiger partial charge in [0.25, 0.3) is 0 Å². The fourth-order valence-electron chi connectivity index (χ4n) is 5.83. The van der Waals surface area contributed by atoms with Gasteiger partial charge in [0.1, 0.15) is 5.76 Å². The van der Waals surface area contributed by atoms with Crippen molar-refractivity contribution in [1.82, 2.24) is 15.1 Å². The summed E-state index contributed by atoms with van der Waals surface area (Å²) in [4.78, 5) is 41.5. The van der Waals surface area contributed by atoms with E-state index in [2.05, 4.69) is 29.6 Å². The second-order valence-electron chi connectivity index (χ2n) is 10.3. The molecule has 7 heteroatoms. The zero-order valence-corrected chi connectivity index (χ0v) is 20.1. The van der Waals surface area contributed by atoms with Gasteiger partial charge >= 0.3 is 0 Å². The molecule has 2 fully saturated rings. The Morgan fingerprint density at radius 3 is 2.29 bits per heavy atom. The van der Waals surface area contributed by atoms with Crippen molar-refractivity contribution in [3.8, 4) is 0 Å². The molecule has 3 amide bonds. The van der Waals surface area contributed by atoms with Crippen LogP contribution in [0.25, 0.3) is 6.08 Å². The number of carbonyl (C=O) groups is 3. The summed E-state index contributed by atoms with van der Waals surface area (Å²) in [5.41, 5.74) is 2.88. The van der Waals surface area contributed by atoms with Gasteiger partial charge in [0.2, 0.25) is 17.7 Å². The summed E-state index contributed by atoms with van der Waals surface area (Å²) >= 11 is 0. The first-order chi connectivity index (χ1) is 17.0. The highest BCUT2D eigenvalue weighted by atomic mass is 16.3. The number of benzene rings is 1.